The van der Waals surface area contributed by atoms with Gasteiger partial charge in [0.15, 0.2) is 5.58 Å². The summed E-state index contributed by atoms with van der Waals surface area (Å²) in [7, 11) is 0. The van der Waals surface area contributed by atoms with Crippen LogP contribution in [0.4, 0.5) is 5.69 Å². The van der Waals surface area contributed by atoms with Crippen LogP contribution in [0, 0.1) is 20.8 Å². The SMILES string of the molecule is Cc1ccc2oc(-c3cccc(N=Cc4c(C)c(Cl)c(C)c(Br)c4O)c3)nc2c1. The number of aromatic nitrogens is 1. The van der Waals surface area contributed by atoms with Crippen LogP contribution < -0.4 is 0 Å². The lowest BCUT2D eigenvalue weighted by Gasteiger charge is -2.12. The van der Waals surface area contributed by atoms with Gasteiger partial charge < -0.3 is 9.52 Å². The zero-order valence-electron chi connectivity index (χ0n) is 16.1. The molecule has 0 aliphatic heterocycles. The number of rotatable bonds is 3. The van der Waals surface area contributed by atoms with Gasteiger partial charge in [0.2, 0.25) is 5.89 Å². The molecule has 4 rings (SSSR count). The van der Waals surface area contributed by atoms with Crippen LogP contribution in [0.15, 0.2) is 56.3 Å². The summed E-state index contributed by atoms with van der Waals surface area (Å²) in [6.07, 6.45) is 1.62. The summed E-state index contributed by atoms with van der Waals surface area (Å²) in [5.74, 6) is 0.668. The van der Waals surface area contributed by atoms with Crippen molar-refractivity contribution >= 4 is 50.5 Å². The third-order valence-corrected chi connectivity index (χ3v) is 6.37. The fourth-order valence-electron chi connectivity index (χ4n) is 3.15. The highest BCUT2D eigenvalue weighted by molar-refractivity contribution is 9.10. The molecule has 0 fully saturated rings. The van der Waals surface area contributed by atoms with Gasteiger partial charge >= 0.3 is 0 Å². The third-order valence-electron chi connectivity index (χ3n) is 4.83. The van der Waals surface area contributed by atoms with Crippen LogP contribution in [0.5, 0.6) is 5.75 Å². The number of phenolic OH excluding ortho intramolecular Hbond substituents is 1. The van der Waals surface area contributed by atoms with Gasteiger partial charge in [0, 0.05) is 22.4 Å². The highest BCUT2D eigenvalue weighted by Gasteiger charge is 2.15. The molecule has 0 unspecified atom stereocenters. The molecule has 1 N–H and O–H groups in total. The highest BCUT2D eigenvalue weighted by atomic mass is 79.9. The molecule has 1 aromatic heterocycles. The number of aliphatic imine (C=N–C) groups is 1. The van der Waals surface area contributed by atoms with E-state index < -0.39 is 0 Å². The summed E-state index contributed by atoms with van der Waals surface area (Å²) in [6.45, 7) is 5.74. The smallest absolute Gasteiger partial charge is 0.227 e. The molecule has 0 saturated heterocycles. The van der Waals surface area contributed by atoms with Crippen molar-refractivity contribution in [2.24, 2.45) is 4.99 Å². The normalized spacial score (nSPS) is 11.6. The van der Waals surface area contributed by atoms with Gasteiger partial charge in [-0.3, -0.25) is 4.99 Å². The second-order valence-corrected chi connectivity index (χ2v) is 8.11. The molecule has 146 valence electrons. The Morgan fingerprint density at radius 2 is 1.90 bits per heavy atom. The molecule has 0 atom stereocenters. The minimum atomic E-state index is 0.124. The average Bonchev–Trinajstić information content (AvgIpc) is 3.14. The van der Waals surface area contributed by atoms with E-state index in [0.29, 0.717) is 26.6 Å². The molecule has 0 aliphatic carbocycles. The predicted molar refractivity (Wildman–Crippen MR) is 122 cm³/mol. The summed E-state index contributed by atoms with van der Waals surface area (Å²) in [5, 5.41) is 11.1. The maximum Gasteiger partial charge on any atom is 0.227 e. The summed E-state index contributed by atoms with van der Waals surface area (Å²) < 4.78 is 6.46. The Kier molecular flexibility index (Phi) is 5.19. The summed E-state index contributed by atoms with van der Waals surface area (Å²) in [5.41, 5.74) is 6.41. The lowest BCUT2D eigenvalue weighted by molar-refractivity contribution is 0.470. The molecule has 0 bridgehead atoms. The molecular weight excluding hydrogens is 452 g/mol. The van der Waals surface area contributed by atoms with Crippen LogP contribution in [-0.4, -0.2) is 16.3 Å². The summed E-state index contributed by atoms with van der Waals surface area (Å²) in [6, 6.07) is 13.5. The first-order valence-electron chi connectivity index (χ1n) is 9.04. The number of hydrogen-bond acceptors (Lipinski definition) is 4. The van der Waals surface area contributed by atoms with Crippen molar-refractivity contribution in [3.05, 3.63) is 74.2 Å². The molecule has 0 aliphatic rings. The summed E-state index contributed by atoms with van der Waals surface area (Å²) in [4.78, 5) is 9.11. The monoisotopic (exact) mass is 468 g/mol. The largest absolute Gasteiger partial charge is 0.506 e. The van der Waals surface area contributed by atoms with Crippen LogP contribution in [0.25, 0.3) is 22.6 Å². The maximum absolute atomic E-state index is 10.5. The quantitative estimate of drug-likeness (QED) is 0.320. The van der Waals surface area contributed by atoms with E-state index in [0.717, 1.165) is 33.4 Å². The Morgan fingerprint density at radius 3 is 2.69 bits per heavy atom. The van der Waals surface area contributed by atoms with Crippen LogP contribution in [0.3, 0.4) is 0 Å². The van der Waals surface area contributed by atoms with Gasteiger partial charge in [-0.2, -0.15) is 0 Å². The molecule has 29 heavy (non-hydrogen) atoms. The van der Waals surface area contributed by atoms with E-state index in [2.05, 4.69) is 25.9 Å². The Bertz CT molecular complexity index is 1250. The van der Waals surface area contributed by atoms with Gasteiger partial charge in [-0.15, -0.1) is 0 Å². The average molecular weight is 470 g/mol. The number of benzene rings is 3. The van der Waals surface area contributed by atoms with Gasteiger partial charge in [0.05, 0.1) is 10.2 Å². The van der Waals surface area contributed by atoms with Crippen molar-refractivity contribution in [1.29, 1.82) is 0 Å². The summed E-state index contributed by atoms with van der Waals surface area (Å²) >= 11 is 9.76. The number of halogens is 2. The molecule has 0 radical (unpaired) electrons. The zero-order chi connectivity index (χ0) is 20.7. The van der Waals surface area contributed by atoms with Gasteiger partial charge in [0.1, 0.15) is 11.3 Å². The van der Waals surface area contributed by atoms with E-state index in [1.807, 2.05) is 63.2 Å². The Labute approximate surface area is 182 Å². The van der Waals surface area contributed by atoms with E-state index in [1.165, 1.54) is 0 Å². The van der Waals surface area contributed by atoms with E-state index in [4.69, 9.17) is 16.0 Å². The van der Waals surface area contributed by atoms with E-state index in [-0.39, 0.29) is 5.75 Å². The molecular formula is C23H18BrClN2O2. The van der Waals surface area contributed by atoms with Crippen molar-refractivity contribution in [2.75, 3.05) is 0 Å². The molecule has 4 aromatic rings. The maximum atomic E-state index is 10.5. The van der Waals surface area contributed by atoms with Crippen molar-refractivity contribution < 1.29 is 9.52 Å². The van der Waals surface area contributed by atoms with Crippen molar-refractivity contribution in [2.45, 2.75) is 20.8 Å². The molecule has 0 spiro atoms. The van der Waals surface area contributed by atoms with Gasteiger partial charge in [-0.25, -0.2) is 4.98 Å². The topological polar surface area (TPSA) is 58.6 Å². The second kappa shape index (κ2) is 7.65. The fraction of sp³-hybridized carbons (Fsp3) is 0.130. The number of oxazole rings is 1. The molecule has 1 heterocycles. The van der Waals surface area contributed by atoms with Crippen LogP contribution in [0.1, 0.15) is 22.3 Å². The predicted octanol–water partition coefficient (Wildman–Crippen LogP) is 7.29. The number of phenols is 1. The van der Waals surface area contributed by atoms with E-state index >= 15 is 0 Å². The standard InChI is InChI=1S/C23H18BrClN2O2/c1-12-7-8-19-18(9-12)27-23(29-19)15-5-4-6-16(10-15)26-11-17-13(2)21(25)14(3)20(24)22(17)28/h4-11,28H,1-3H3. The van der Waals surface area contributed by atoms with Crippen molar-refractivity contribution in [3.63, 3.8) is 0 Å². The highest BCUT2D eigenvalue weighted by Crippen LogP contribution is 2.38. The van der Waals surface area contributed by atoms with Crippen molar-refractivity contribution in [3.8, 4) is 17.2 Å². The van der Waals surface area contributed by atoms with Crippen LogP contribution in [-0.2, 0) is 0 Å². The Hall–Kier alpha value is -2.63. The Balaban J connectivity index is 1.71. The van der Waals surface area contributed by atoms with Crippen LogP contribution >= 0.6 is 27.5 Å². The number of aromatic hydroxyl groups is 1. The van der Waals surface area contributed by atoms with Crippen molar-refractivity contribution in [1.82, 2.24) is 4.98 Å². The minimum Gasteiger partial charge on any atom is -0.506 e. The molecule has 3 aromatic carbocycles. The van der Waals surface area contributed by atoms with Gasteiger partial charge in [0.25, 0.3) is 0 Å². The second-order valence-electron chi connectivity index (χ2n) is 6.94. The van der Waals surface area contributed by atoms with E-state index in [9.17, 15) is 5.11 Å². The van der Waals surface area contributed by atoms with Gasteiger partial charge in [-0.1, -0.05) is 23.7 Å². The first-order chi connectivity index (χ1) is 13.8. The zero-order valence-corrected chi connectivity index (χ0v) is 18.5. The molecule has 0 saturated carbocycles. The number of nitrogens with zero attached hydrogens (tertiary/aromatic N) is 2. The van der Waals surface area contributed by atoms with Gasteiger partial charge in [-0.05, 0) is 83.7 Å². The third kappa shape index (κ3) is 3.68. The minimum absolute atomic E-state index is 0.124. The number of fused-ring (bicyclic) bond motifs is 1. The lowest BCUT2D eigenvalue weighted by atomic mass is 10.0. The fourth-order valence-corrected chi connectivity index (χ4v) is 3.87. The molecule has 4 nitrogen and oxygen atoms in total. The molecule has 6 heteroatoms. The van der Waals surface area contributed by atoms with E-state index in [1.54, 1.807) is 6.21 Å². The van der Waals surface area contributed by atoms with Crippen LogP contribution in [0.2, 0.25) is 5.02 Å². The lowest BCUT2D eigenvalue weighted by Crippen LogP contribution is -1.94. The number of aryl methyl sites for hydroxylation is 1. The molecule has 0 amide bonds. The number of hydrogen-bond donors (Lipinski definition) is 1. The Morgan fingerprint density at radius 1 is 1.10 bits per heavy atom. The first-order valence-corrected chi connectivity index (χ1v) is 10.2. The first kappa shape index (κ1) is 19.7.